The van der Waals surface area contributed by atoms with Gasteiger partial charge in [0, 0.05) is 8.45 Å². The average molecular weight is 350 g/mol. The molecule has 0 saturated carbocycles. The van der Waals surface area contributed by atoms with Crippen molar-refractivity contribution in [3.05, 3.63) is 54.7 Å². The summed E-state index contributed by atoms with van der Waals surface area (Å²) in [6.45, 7) is 0. The lowest BCUT2D eigenvalue weighted by molar-refractivity contribution is 0.887. The zero-order valence-electron chi connectivity index (χ0n) is 7.78. The highest BCUT2D eigenvalue weighted by Gasteiger charge is 2.15. The highest BCUT2D eigenvalue weighted by Crippen LogP contribution is 2.32. The summed E-state index contributed by atoms with van der Waals surface area (Å²) in [5.41, 5.74) is 7.31. The molecule has 0 amide bonds. The van der Waals surface area contributed by atoms with Gasteiger partial charge in [0.15, 0.2) is 0 Å². The van der Waals surface area contributed by atoms with Crippen LogP contribution in [0.15, 0.2) is 35.7 Å². The van der Waals surface area contributed by atoms with E-state index in [1.54, 1.807) is 11.3 Å². The van der Waals surface area contributed by atoms with Crippen molar-refractivity contribution < 1.29 is 0 Å². The van der Waals surface area contributed by atoms with Crippen LogP contribution in [-0.4, -0.2) is 0 Å². The fraction of sp³-hybridized carbons (Fsp3) is 0.0909. The minimum atomic E-state index is -0.120. The van der Waals surface area contributed by atoms with Crippen molar-refractivity contribution in [2.45, 2.75) is 6.04 Å². The molecule has 2 aromatic rings. The molecule has 2 rings (SSSR count). The molecule has 0 fully saturated rings. The molecule has 1 aromatic heterocycles. The van der Waals surface area contributed by atoms with Gasteiger partial charge in [-0.15, -0.1) is 11.3 Å². The van der Waals surface area contributed by atoms with Crippen LogP contribution in [0.1, 0.15) is 16.5 Å². The minimum absolute atomic E-state index is 0.120. The van der Waals surface area contributed by atoms with Crippen LogP contribution in [0.3, 0.4) is 0 Å². The molecule has 15 heavy (non-hydrogen) atoms. The van der Waals surface area contributed by atoms with Gasteiger partial charge in [0.1, 0.15) is 0 Å². The molecular formula is C11H9ClINS. The van der Waals surface area contributed by atoms with E-state index in [4.69, 9.17) is 17.3 Å². The third kappa shape index (κ3) is 2.36. The first kappa shape index (κ1) is 11.4. The molecular weight excluding hydrogens is 341 g/mol. The smallest absolute Gasteiger partial charge is 0.0671 e. The van der Waals surface area contributed by atoms with Crippen LogP contribution in [0, 0.1) is 3.57 Å². The van der Waals surface area contributed by atoms with Crippen LogP contribution >= 0.6 is 45.5 Å². The Balaban J connectivity index is 2.41. The summed E-state index contributed by atoms with van der Waals surface area (Å²) in [4.78, 5) is 1.03. The molecule has 0 aliphatic carbocycles. The second kappa shape index (κ2) is 4.82. The Labute approximate surface area is 111 Å². The number of thiophene rings is 1. The minimum Gasteiger partial charge on any atom is -0.320 e. The van der Waals surface area contributed by atoms with Crippen LogP contribution in [0.2, 0.25) is 5.02 Å². The van der Waals surface area contributed by atoms with Gasteiger partial charge < -0.3 is 5.73 Å². The van der Waals surface area contributed by atoms with E-state index < -0.39 is 0 Å². The average Bonchev–Trinajstić information content (AvgIpc) is 2.64. The summed E-state index contributed by atoms with van der Waals surface area (Å²) in [6, 6.07) is 9.87. The number of nitrogens with two attached hydrogens (primary N) is 1. The Morgan fingerprint density at radius 2 is 2.00 bits per heavy atom. The molecule has 0 bridgehead atoms. The summed E-state index contributed by atoms with van der Waals surface area (Å²) in [5.74, 6) is 0. The van der Waals surface area contributed by atoms with E-state index in [9.17, 15) is 0 Å². The summed E-state index contributed by atoms with van der Waals surface area (Å²) < 4.78 is 1.17. The molecule has 1 heterocycles. The highest BCUT2D eigenvalue weighted by atomic mass is 127. The Hall–Kier alpha value is -0.100. The van der Waals surface area contributed by atoms with Gasteiger partial charge in [0.2, 0.25) is 0 Å². The van der Waals surface area contributed by atoms with E-state index in [2.05, 4.69) is 28.7 Å². The van der Waals surface area contributed by atoms with Crippen molar-refractivity contribution in [1.29, 1.82) is 0 Å². The van der Waals surface area contributed by atoms with E-state index >= 15 is 0 Å². The van der Waals surface area contributed by atoms with Crippen LogP contribution in [0.25, 0.3) is 0 Å². The maximum Gasteiger partial charge on any atom is 0.0671 e. The molecule has 0 aliphatic heterocycles. The molecule has 1 nitrogen and oxygen atoms in total. The number of hydrogen-bond acceptors (Lipinski definition) is 2. The predicted molar refractivity (Wildman–Crippen MR) is 74.5 cm³/mol. The summed E-state index contributed by atoms with van der Waals surface area (Å²) in [5, 5.41) is 2.72. The van der Waals surface area contributed by atoms with E-state index in [0.717, 1.165) is 15.5 Å². The van der Waals surface area contributed by atoms with Gasteiger partial charge in [0.25, 0.3) is 0 Å². The molecule has 0 saturated heterocycles. The Morgan fingerprint density at radius 1 is 1.27 bits per heavy atom. The first-order valence-corrected chi connectivity index (χ1v) is 6.76. The van der Waals surface area contributed by atoms with Crippen molar-refractivity contribution in [3.8, 4) is 0 Å². The van der Waals surface area contributed by atoms with Gasteiger partial charge in [-0.3, -0.25) is 0 Å². The molecule has 4 heteroatoms. The summed E-state index contributed by atoms with van der Waals surface area (Å²) in [6.07, 6.45) is 0. The second-order valence-corrected chi connectivity index (χ2v) is 5.65. The predicted octanol–water partition coefficient (Wildman–Crippen LogP) is 4.05. The van der Waals surface area contributed by atoms with E-state index in [-0.39, 0.29) is 6.04 Å². The summed E-state index contributed by atoms with van der Waals surface area (Å²) in [7, 11) is 0. The topological polar surface area (TPSA) is 26.0 Å². The molecule has 0 aliphatic rings. The van der Waals surface area contributed by atoms with Crippen LogP contribution < -0.4 is 5.73 Å². The fourth-order valence-electron chi connectivity index (χ4n) is 1.40. The first-order chi connectivity index (χ1) is 7.20. The zero-order valence-corrected chi connectivity index (χ0v) is 11.5. The highest BCUT2D eigenvalue weighted by molar-refractivity contribution is 14.1. The third-order valence-corrected chi connectivity index (χ3v) is 4.59. The van der Waals surface area contributed by atoms with Gasteiger partial charge in [0.05, 0.1) is 11.1 Å². The van der Waals surface area contributed by atoms with Gasteiger partial charge in [-0.1, -0.05) is 29.8 Å². The SMILES string of the molecule is NC(c1ccccc1I)c1sccc1Cl. The number of hydrogen-bond donors (Lipinski definition) is 1. The normalized spacial score (nSPS) is 12.7. The lowest BCUT2D eigenvalue weighted by Gasteiger charge is -2.12. The monoisotopic (exact) mass is 349 g/mol. The number of rotatable bonds is 2. The summed E-state index contributed by atoms with van der Waals surface area (Å²) >= 11 is 9.96. The van der Waals surface area contributed by atoms with E-state index in [0.29, 0.717) is 0 Å². The van der Waals surface area contributed by atoms with Crippen molar-refractivity contribution >= 4 is 45.5 Å². The van der Waals surface area contributed by atoms with E-state index in [1.165, 1.54) is 3.57 Å². The molecule has 1 unspecified atom stereocenters. The fourth-order valence-corrected chi connectivity index (χ4v) is 3.31. The van der Waals surface area contributed by atoms with Gasteiger partial charge in [-0.25, -0.2) is 0 Å². The maximum absolute atomic E-state index is 6.18. The van der Waals surface area contributed by atoms with E-state index in [1.807, 2.05) is 29.6 Å². The quantitative estimate of drug-likeness (QED) is 0.813. The van der Waals surface area contributed by atoms with Gasteiger partial charge in [-0.2, -0.15) is 0 Å². The molecule has 1 atom stereocenters. The van der Waals surface area contributed by atoms with Crippen molar-refractivity contribution in [2.24, 2.45) is 5.73 Å². The molecule has 2 N–H and O–H groups in total. The standard InChI is InChI=1S/C11H9ClINS/c12-8-5-6-15-11(8)10(14)7-3-1-2-4-9(7)13/h1-6,10H,14H2. The van der Waals surface area contributed by atoms with Crippen molar-refractivity contribution in [3.63, 3.8) is 0 Å². The molecule has 0 radical (unpaired) electrons. The van der Waals surface area contributed by atoms with Crippen LogP contribution in [0.4, 0.5) is 0 Å². The van der Waals surface area contributed by atoms with Gasteiger partial charge >= 0.3 is 0 Å². The lowest BCUT2D eigenvalue weighted by Crippen LogP contribution is -2.12. The molecule has 78 valence electrons. The first-order valence-electron chi connectivity index (χ1n) is 4.43. The van der Waals surface area contributed by atoms with Crippen molar-refractivity contribution in [2.75, 3.05) is 0 Å². The van der Waals surface area contributed by atoms with Gasteiger partial charge in [-0.05, 0) is 45.7 Å². The second-order valence-electron chi connectivity index (χ2n) is 3.13. The largest absolute Gasteiger partial charge is 0.320 e. The Kier molecular flexibility index (Phi) is 3.66. The molecule has 0 spiro atoms. The lowest BCUT2D eigenvalue weighted by atomic mass is 10.1. The third-order valence-electron chi connectivity index (χ3n) is 2.17. The Bertz CT molecular complexity index is 469. The number of halogens is 2. The van der Waals surface area contributed by atoms with Crippen LogP contribution in [-0.2, 0) is 0 Å². The zero-order chi connectivity index (χ0) is 10.8. The Morgan fingerprint density at radius 3 is 2.60 bits per heavy atom. The number of benzene rings is 1. The molecule has 1 aromatic carbocycles. The van der Waals surface area contributed by atoms with Crippen molar-refractivity contribution in [1.82, 2.24) is 0 Å². The maximum atomic E-state index is 6.18. The van der Waals surface area contributed by atoms with Crippen LogP contribution in [0.5, 0.6) is 0 Å².